The molecule has 9 heteroatoms. The summed E-state index contributed by atoms with van der Waals surface area (Å²) in [5.74, 6) is 0.746. The normalized spacial score (nSPS) is 17.6. The minimum absolute atomic E-state index is 0.156. The molecule has 0 radical (unpaired) electrons. The van der Waals surface area contributed by atoms with Gasteiger partial charge in [0.25, 0.3) is 0 Å². The van der Waals surface area contributed by atoms with Gasteiger partial charge < -0.3 is 18.9 Å². The van der Waals surface area contributed by atoms with Gasteiger partial charge in [0.2, 0.25) is 11.8 Å². The number of rotatable bonds is 6. The second-order valence-corrected chi connectivity index (χ2v) is 5.72. The Labute approximate surface area is 140 Å². The van der Waals surface area contributed by atoms with Crippen molar-refractivity contribution in [1.82, 2.24) is 19.9 Å². The third-order valence-corrected chi connectivity index (χ3v) is 3.99. The molecule has 1 aromatic heterocycles. The van der Waals surface area contributed by atoms with E-state index in [1.165, 1.54) is 16.9 Å². The summed E-state index contributed by atoms with van der Waals surface area (Å²) in [4.78, 5) is 31.7. The van der Waals surface area contributed by atoms with E-state index < -0.39 is 12.1 Å². The molecule has 9 nitrogen and oxygen atoms in total. The van der Waals surface area contributed by atoms with Crippen LogP contribution in [0.5, 0.6) is 0 Å². The first kappa shape index (κ1) is 18.2. The van der Waals surface area contributed by atoms with Crippen molar-refractivity contribution < 1.29 is 23.6 Å². The SMILES string of the molecule is COCCc1noc(CN(C)C(=O)[C@@H]2CCCCN2C(=O)OC)n1. The standard InChI is InChI=1S/C15H24N4O5/c1-18(10-13-16-12(17-24-13)7-9-22-2)14(20)11-6-4-5-8-19(11)15(21)23-3/h11H,4-10H2,1-3H3/t11-/m0/s1. The van der Waals surface area contributed by atoms with Crippen LogP contribution >= 0.6 is 0 Å². The first-order valence-electron chi connectivity index (χ1n) is 7.96. The average molecular weight is 340 g/mol. The molecule has 2 heterocycles. The Morgan fingerprint density at radius 1 is 1.38 bits per heavy atom. The summed E-state index contributed by atoms with van der Waals surface area (Å²) in [6.45, 7) is 1.23. The van der Waals surface area contributed by atoms with Crippen molar-refractivity contribution in [3.8, 4) is 0 Å². The van der Waals surface area contributed by atoms with Crippen molar-refractivity contribution in [2.45, 2.75) is 38.3 Å². The van der Waals surface area contributed by atoms with Crippen LogP contribution in [0.3, 0.4) is 0 Å². The van der Waals surface area contributed by atoms with Crippen LogP contribution in [0.1, 0.15) is 31.0 Å². The van der Waals surface area contributed by atoms with Crippen molar-refractivity contribution >= 4 is 12.0 Å². The smallest absolute Gasteiger partial charge is 0.410 e. The Hall–Kier alpha value is -2.16. The highest BCUT2D eigenvalue weighted by Gasteiger charge is 2.34. The Balaban J connectivity index is 1.97. The van der Waals surface area contributed by atoms with Crippen LogP contribution in [0.2, 0.25) is 0 Å². The molecule has 0 aromatic carbocycles. The van der Waals surface area contributed by atoms with Crippen LogP contribution in [0.4, 0.5) is 4.79 Å². The molecule has 0 spiro atoms. The molecule has 0 aliphatic carbocycles. The van der Waals surface area contributed by atoms with E-state index in [4.69, 9.17) is 14.0 Å². The fourth-order valence-corrected chi connectivity index (χ4v) is 2.71. The topological polar surface area (TPSA) is 98.0 Å². The van der Waals surface area contributed by atoms with Gasteiger partial charge in [0.1, 0.15) is 6.04 Å². The average Bonchev–Trinajstić information content (AvgIpc) is 3.05. The summed E-state index contributed by atoms with van der Waals surface area (Å²) in [6.07, 6.45) is 2.48. The maximum absolute atomic E-state index is 12.7. The molecular weight excluding hydrogens is 316 g/mol. The van der Waals surface area contributed by atoms with Gasteiger partial charge in [-0.2, -0.15) is 4.98 Å². The maximum atomic E-state index is 12.7. The number of likely N-dealkylation sites (tertiary alicyclic amines) is 1. The van der Waals surface area contributed by atoms with E-state index in [2.05, 4.69) is 10.1 Å². The van der Waals surface area contributed by atoms with Crippen molar-refractivity contribution in [1.29, 1.82) is 0 Å². The van der Waals surface area contributed by atoms with E-state index in [-0.39, 0.29) is 12.5 Å². The van der Waals surface area contributed by atoms with Crippen molar-refractivity contribution in [3.05, 3.63) is 11.7 Å². The predicted molar refractivity (Wildman–Crippen MR) is 83.1 cm³/mol. The quantitative estimate of drug-likeness (QED) is 0.756. The van der Waals surface area contributed by atoms with Gasteiger partial charge in [-0.3, -0.25) is 9.69 Å². The lowest BCUT2D eigenvalue weighted by Gasteiger charge is -2.35. The number of hydrogen-bond acceptors (Lipinski definition) is 7. The highest BCUT2D eigenvalue weighted by atomic mass is 16.5. The van der Waals surface area contributed by atoms with E-state index in [1.54, 1.807) is 14.2 Å². The molecule has 0 saturated carbocycles. The van der Waals surface area contributed by atoms with Crippen LogP contribution in [0.25, 0.3) is 0 Å². The molecular formula is C15H24N4O5. The molecule has 134 valence electrons. The largest absolute Gasteiger partial charge is 0.453 e. The minimum Gasteiger partial charge on any atom is -0.453 e. The molecule has 1 aliphatic rings. The lowest BCUT2D eigenvalue weighted by atomic mass is 10.0. The maximum Gasteiger partial charge on any atom is 0.410 e. The summed E-state index contributed by atoms with van der Waals surface area (Å²) in [5, 5.41) is 3.85. The van der Waals surface area contributed by atoms with Gasteiger partial charge in [0.15, 0.2) is 5.82 Å². The molecule has 24 heavy (non-hydrogen) atoms. The molecule has 1 atom stereocenters. The number of likely N-dealkylation sites (N-methyl/N-ethyl adjacent to an activating group) is 1. The first-order valence-corrected chi connectivity index (χ1v) is 7.96. The molecule has 1 aromatic rings. The molecule has 0 unspecified atom stereocenters. The Morgan fingerprint density at radius 3 is 2.88 bits per heavy atom. The molecule has 0 bridgehead atoms. The molecule has 1 aliphatic heterocycles. The Morgan fingerprint density at radius 2 is 2.17 bits per heavy atom. The number of nitrogens with zero attached hydrogens (tertiary/aromatic N) is 4. The van der Waals surface area contributed by atoms with Crippen LogP contribution in [-0.4, -0.2) is 72.4 Å². The number of amides is 2. The predicted octanol–water partition coefficient (Wildman–Crippen LogP) is 0.838. The fraction of sp³-hybridized carbons (Fsp3) is 0.733. The van der Waals surface area contributed by atoms with E-state index in [1.807, 2.05) is 0 Å². The van der Waals surface area contributed by atoms with Gasteiger partial charge in [0.05, 0.1) is 20.3 Å². The summed E-state index contributed by atoms with van der Waals surface area (Å²) in [6, 6.07) is -0.507. The van der Waals surface area contributed by atoms with E-state index >= 15 is 0 Å². The van der Waals surface area contributed by atoms with Crippen LogP contribution < -0.4 is 0 Å². The number of carbonyl (C=O) groups excluding carboxylic acids is 2. The molecule has 1 saturated heterocycles. The summed E-state index contributed by atoms with van der Waals surface area (Å²) in [7, 11) is 4.58. The second kappa shape index (κ2) is 8.62. The van der Waals surface area contributed by atoms with E-state index in [0.717, 1.165) is 12.8 Å². The zero-order valence-electron chi connectivity index (χ0n) is 14.4. The lowest BCUT2D eigenvalue weighted by Crippen LogP contribution is -2.52. The first-order chi connectivity index (χ1) is 11.6. The number of aromatic nitrogens is 2. The summed E-state index contributed by atoms with van der Waals surface area (Å²) in [5.41, 5.74) is 0. The lowest BCUT2D eigenvalue weighted by molar-refractivity contribution is -0.137. The third-order valence-electron chi connectivity index (χ3n) is 3.99. The minimum atomic E-state index is -0.507. The zero-order valence-corrected chi connectivity index (χ0v) is 14.4. The van der Waals surface area contributed by atoms with Crippen LogP contribution in [-0.2, 0) is 27.2 Å². The summed E-state index contributed by atoms with van der Waals surface area (Å²) < 4.78 is 14.9. The van der Waals surface area contributed by atoms with Crippen LogP contribution in [0, 0.1) is 0 Å². The van der Waals surface area contributed by atoms with E-state index in [9.17, 15) is 9.59 Å². The Bertz CT molecular complexity index is 562. The zero-order chi connectivity index (χ0) is 17.5. The van der Waals surface area contributed by atoms with Crippen molar-refractivity contribution in [2.75, 3.05) is 34.4 Å². The van der Waals surface area contributed by atoms with E-state index in [0.29, 0.717) is 37.7 Å². The number of ether oxygens (including phenoxy) is 2. The fourth-order valence-electron chi connectivity index (χ4n) is 2.71. The monoisotopic (exact) mass is 340 g/mol. The molecule has 2 rings (SSSR count). The second-order valence-electron chi connectivity index (χ2n) is 5.72. The number of carbonyl (C=O) groups is 2. The van der Waals surface area contributed by atoms with Gasteiger partial charge in [-0.05, 0) is 19.3 Å². The number of methoxy groups -OCH3 is 2. The van der Waals surface area contributed by atoms with Gasteiger partial charge in [-0.25, -0.2) is 4.79 Å². The van der Waals surface area contributed by atoms with Gasteiger partial charge in [-0.15, -0.1) is 0 Å². The Kier molecular flexibility index (Phi) is 6.53. The highest BCUT2D eigenvalue weighted by molar-refractivity contribution is 5.85. The van der Waals surface area contributed by atoms with Crippen LogP contribution in [0.15, 0.2) is 4.52 Å². The van der Waals surface area contributed by atoms with Gasteiger partial charge >= 0.3 is 6.09 Å². The summed E-state index contributed by atoms with van der Waals surface area (Å²) >= 11 is 0. The third kappa shape index (κ3) is 4.44. The molecule has 0 N–H and O–H groups in total. The number of hydrogen-bond donors (Lipinski definition) is 0. The van der Waals surface area contributed by atoms with Crippen molar-refractivity contribution in [3.63, 3.8) is 0 Å². The molecule has 1 fully saturated rings. The van der Waals surface area contributed by atoms with Gasteiger partial charge in [-0.1, -0.05) is 5.16 Å². The molecule has 2 amide bonds. The highest BCUT2D eigenvalue weighted by Crippen LogP contribution is 2.20. The van der Waals surface area contributed by atoms with Gasteiger partial charge in [0, 0.05) is 27.1 Å². The van der Waals surface area contributed by atoms with Crippen molar-refractivity contribution in [2.24, 2.45) is 0 Å². The number of piperidine rings is 1.